The van der Waals surface area contributed by atoms with Gasteiger partial charge in [0.05, 0.1) is 12.2 Å². The zero-order valence-corrected chi connectivity index (χ0v) is 24.6. The molecule has 0 saturated carbocycles. The minimum atomic E-state index is -1.19. The van der Waals surface area contributed by atoms with Gasteiger partial charge in [-0.3, -0.25) is 14.4 Å². The van der Waals surface area contributed by atoms with Crippen molar-refractivity contribution >= 4 is 34.8 Å². The lowest BCUT2D eigenvalue weighted by Gasteiger charge is -2.19. The third-order valence-corrected chi connectivity index (χ3v) is 5.91. The maximum absolute atomic E-state index is 13.2. The Morgan fingerprint density at radius 3 is 2.54 bits per heavy atom. The molecule has 2 N–H and O–H groups in total. The third-order valence-electron chi connectivity index (χ3n) is 5.91. The molecule has 0 fully saturated rings. The second kappa shape index (κ2) is 13.2. The summed E-state index contributed by atoms with van der Waals surface area (Å²) in [7, 11) is 6.25. The third kappa shape index (κ3) is 8.72. The summed E-state index contributed by atoms with van der Waals surface area (Å²) in [5.74, 6) is -0.352. The zero-order chi connectivity index (χ0) is 30.3. The summed E-state index contributed by atoms with van der Waals surface area (Å²) in [4.78, 5) is 69.3. The number of hydrogen-bond acceptors (Lipinski definition) is 8. The van der Waals surface area contributed by atoms with Gasteiger partial charge in [0.25, 0.3) is 11.5 Å². The molecule has 0 saturated heterocycles. The number of nitrogens with one attached hydrogen (secondary N) is 2. The first-order valence-corrected chi connectivity index (χ1v) is 13.2. The lowest BCUT2D eigenvalue weighted by molar-refractivity contribution is -0.125. The van der Waals surface area contributed by atoms with Crippen LogP contribution in [0.15, 0.2) is 41.6 Å². The monoisotopic (exact) mass is 566 g/mol. The van der Waals surface area contributed by atoms with Crippen LogP contribution in [0, 0.1) is 5.41 Å². The molecule has 3 aromatic heterocycles. The number of likely N-dealkylation sites (N-methyl/N-ethyl adjacent to an activating group) is 1. The highest BCUT2D eigenvalue weighted by molar-refractivity contribution is 5.95. The van der Waals surface area contributed by atoms with Gasteiger partial charge in [0.1, 0.15) is 23.4 Å². The first-order chi connectivity index (χ1) is 19.2. The van der Waals surface area contributed by atoms with Crippen LogP contribution in [0.5, 0.6) is 0 Å². The number of allylic oxidation sites excluding steroid dienone is 1. The van der Waals surface area contributed by atoms with E-state index in [2.05, 4.69) is 46.0 Å². The molecule has 220 valence electrons. The van der Waals surface area contributed by atoms with E-state index in [1.165, 1.54) is 46.9 Å². The molecule has 41 heavy (non-hydrogen) atoms. The minimum absolute atomic E-state index is 0.00863. The zero-order valence-electron chi connectivity index (χ0n) is 24.6. The van der Waals surface area contributed by atoms with Gasteiger partial charge in [-0.2, -0.15) is 0 Å². The van der Waals surface area contributed by atoms with E-state index in [0.717, 1.165) is 17.6 Å². The first kappa shape index (κ1) is 31.0. The van der Waals surface area contributed by atoms with Crippen LogP contribution in [0.2, 0.25) is 0 Å². The van der Waals surface area contributed by atoms with Gasteiger partial charge < -0.3 is 29.4 Å². The molecular formula is C28H38N8O5. The fourth-order valence-electron chi connectivity index (χ4n) is 3.82. The van der Waals surface area contributed by atoms with Crippen LogP contribution in [0.4, 0.5) is 10.5 Å². The van der Waals surface area contributed by atoms with E-state index in [4.69, 9.17) is 4.74 Å². The van der Waals surface area contributed by atoms with Crippen molar-refractivity contribution < 1.29 is 19.1 Å². The van der Waals surface area contributed by atoms with E-state index in [1.807, 2.05) is 0 Å². The number of nitrogens with zero attached hydrogens (tertiary/aromatic N) is 6. The number of carbonyl (C=O) groups excluding carboxylic acids is 3. The highest BCUT2D eigenvalue weighted by atomic mass is 16.6. The van der Waals surface area contributed by atoms with Crippen LogP contribution in [-0.2, 0) is 27.3 Å². The van der Waals surface area contributed by atoms with Crippen LogP contribution in [-0.4, -0.2) is 86.5 Å². The van der Waals surface area contributed by atoms with Crippen molar-refractivity contribution in [2.24, 2.45) is 5.41 Å². The summed E-state index contributed by atoms with van der Waals surface area (Å²) in [6.07, 6.45) is 5.28. The molecule has 0 aliphatic rings. The number of H-pyrrole nitrogens is 1. The molecule has 3 rings (SSSR count). The number of hydrogen-bond donors (Lipinski definition) is 2. The Labute approximate surface area is 238 Å². The number of carbonyl (C=O) groups is 3. The van der Waals surface area contributed by atoms with Gasteiger partial charge in [0.2, 0.25) is 5.91 Å². The van der Waals surface area contributed by atoms with Crippen LogP contribution in [0.25, 0.3) is 11.2 Å². The van der Waals surface area contributed by atoms with Crippen molar-refractivity contribution in [2.45, 2.75) is 52.7 Å². The van der Waals surface area contributed by atoms with Gasteiger partial charge in [0, 0.05) is 34.4 Å². The van der Waals surface area contributed by atoms with E-state index in [0.29, 0.717) is 17.9 Å². The van der Waals surface area contributed by atoms with Gasteiger partial charge in [-0.15, -0.1) is 0 Å². The number of fused-ring (bicyclic) bond motifs is 1. The topological polar surface area (TPSA) is 155 Å². The summed E-state index contributed by atoms with van der Waals surface area (Å²) >= 11 is 0. The average molecular weight is 567 g/mol. The van der Waals surface area contributed by atoms with Gasteiger partial charge in [-0.1, -0.05) is 26.8 Å². The Balaban J connectivity index is 1.78. The molecule has 1 atom stereocenters. The number of aromatic nitrogens is 5. The molecule has 0 aliphatic heterocycles. The Morgan fingerprint density at radius 1 is 1.15 bits per heavy atom. The normalized spacial score (nSPS) is 12.4. The van der Waals surface area contributed by atoms with E-state index >= 15 is 0 Å². The fourth-order valence-corrected chi connectivity index (χ4v) is 3.82. The van der Waals surface area contributed by atoms with Crippen LogP contribution in [0.3, 0.4) is 0 Å². The van der Waals surface area contributed by atoms with E-state index in [-0.39, 0.29) is 30.0 Å². The molecule has 1 unspecified atom stereocenters. The van der Waals surface area contributed by atoms with Crippen molar-refractivity contribution in [2.75, 3.05) is 33.5 Å². The van der Waals surface area contributed by atoms with Gasteiger partial charge in [-0.05, 0) is 42.9 Å². The lowest BCUT2D eigenvalue weighted by Crippen LogP contribution is -2.37. The Hall–Kier alpha value is -4.55. The summed E-state index contributed by atoms with van der Waals surface area (Å²) in [5.41, 5.74) is 1.64. The van der Waals surface area contributed by atoms with Crippen LogP contribution < -0.4 is 10.9 Å². The number of aromatic amines is 1. The molecule has 0 bridgehead atoms. The molecule has 0 aliphatic carbocycles. The summed E-state index contributed by atoms with van der Waals surface area (Å²) in [6, 6.07) is 3.10. The second-order valence-corrected chi connectivity index (χ2v) is 11.3. The number of pyridine rings is 1. The van der Waals surface area contributed by atoms with Crippen molar-refractivity contribution in [3.63, 3.8) is 0 Å². The lowest BCUT2D eigenvalue weighted by atomic mass is 9.90. The molecule has 13 heteroatoms. The van der Waals surface area contributed by atoms with Gasteiger partial charge in [0.15, 0.2) is 11.8 Å². The molecule has 3 amide bonds. The highest BCUT2D eigenvalue weighted by Gasteiger charge is 2.24. The number of anilines is 1. The van der Waals surface area contributed by atoms with Crippen LogP contribution in [0.1, 0.15) is 45.1 Å². The Kier molecular flexibility index (Phi) is 9.98. The van der Waals surface area contributed by atoms with Crippen molar-refractivity contribution in [1.82, 2.24) is 34.3 Å². The maximum Gasteiger partial charge on any atom is 0.410 e. The number of ether oxygens (including phenoxy) is 1. The van der Waals surface area contributed by atoms with Crippen LogP contribution >= 0.6 is 0 Å². The number of amides is 3. The molecule has 0 aromatic carbocycles. The number of rotatable bonds is 10. The quantitative estimate of drug-likeness (QED) is 0.355. The Morgan fingerprint density at radius 2 is 1.88 bits per heavy atom. The first-order valence-electron chi connectivity index (χ1n) is 13.2. The molecule has 0 spiro atoms. The molecule has 3 aromatic rings. The fraction of sp³-hybridized carbons (Fsp3) is 0.464. The summed E-state index contributed by atoms with van der Waals surface area (Å²) in [6.45, 7) is 6.46. The SMILES string of the molecule is CN(C)C(=O)/C=C/CCC(OC(=O)N(C)C)C(=O)Nc1cccn(Cc2nc3ncnc(CC(C)(C)C)c3[nH]2)c1=O. The van der Waals surface area contributed by atoms with E-state index < -0.39 is 23.7 Å². The van der Waals surface area contributed by atoms with Crippen molar-refractivity contribution in [3.05, 3.63) is 58.7 Å². The van der Waals surface area contributed by atoms with Crippen molar-refractivity contribution in [1.29, 1.82) is 0 Å². The smallest absolute Gasteiger partial charge is 0.410 e. The second-order valence-electron chi connectivity index (χ2n) is 11.3. The predicted molar refractivity (Wildman–Crippen MR) is 154 cm³/mol. The largest absolute Gasteiger partial charge is 0.436 e. The predicted octanol–water partition coefficient (Wildman–Crippen LogP) is 2.58. The summed E-state index contributed by atoms with van der Waals surface area (Å²) in [5, 5.41) is 2.59. The summed E-state index contributed by atoms with van der Waals surface area (Å²) < 4.78 is 6.76. The molecule has 13 nitrogen and oxygen atoms in total. The molecular weight excluding hydrogens is 528 g/mol. The molecule has 0 radical (unpaired) electrons. The van der Waals surface area contributed by atoms with Gasteiger partial charge >= 0.3 is 6.09 Å². The molecule has 3 heterocycles. The van der Waals surface area contributed by atoms with E-state index in [9.17, 15) is 19.2 Å². The standard InChI is InChI=1S/C28H38N8O5/c1-28(2,3)15-19-23-24(30-17-29-19)33-21(32-23)16-36-14-10-11-18(26(36)39)31-25(38)20(41-27(40)35(6)7)12-8-9-13-22(37)34(4)5/h9-11,13-14,17,20H,8,12,15-16H2,1-7H3,(H,31,38)(H,29,30,32,33)/b13-9+. The maximum atomic E-state index is 13.2. The van der Waals surface area contributed by atoms with E-state index in [1.54, 1.807) is 32.4 Å². The minimum Gasteiger partial charge on any atom is -0.436 e. The highest BCUT2D eigenvalue weighted by Crippen LogP contribution is 2.23. The number of imidazole rings is 1. The van der Waals surface area contributed by atoms with Gasteiger partial charge in [-0.25, -0.2) is 19.7 Å². The Bertz CT molecular complexity index is 1480. The van der Waals surface area contributed by atoms with Crippen molar-refractivity contribution in [3.8, 4) is 0 Å². The average Bonchev–Trinajstić information content (AvgIpc) is 3.30.